The summed E-state index contributed by atoms with van der Waals surface area (Å²) < 4.78 is 5.65. The fourth-order valence-electron chi connectivity index (χ4n) is 2.09. The molecule has 0 aromatic carbocycles. The van der Waals surface area contributed by atoms with Gasteiger partial charge in [0.2, 0.25) is 0 Å². The monoisotopic (exact) mass is 272 g/mol. The van der Waals surface area contributed by atoms with Crippen LogP contribution in [0.15, 0.2) is 10.1 Å². The molecule has 1 fully saturated rings. The van der Waals surface area contributed by atoms with Crippen LogP contribution in [0.25, 0.3) is 10.4 Å². The van der Waals surface area contributed by atoms with E-state index in [0.29, 0.717) is 0 Å². The molecule has 0 radical (unpaired) electrons. The first-order chi connectivity index (χ1) is 8.67. The largest absolute Gasteiger partial charge is 0.388 e. The van der Waals surface area contributed by atoms with E-state index >= 15 is 0 Å². The molecule has 0 aromatic heterocycles. The first-order valence-electron chi connectivity index (χ1n) is 5.93. The summed E-state index contributed by atoms with van der Waals surface area (Å²) in [7, 11) is 0. The van der Waals surface area contributed by atoms with E-state index in [4.69, 9.17) is 10.3 Å². The molecule has 2 heterocycles. The normalized spacial score (nSPS) is 38.8. The minimum absolute atomic E-state index is 0.0155. The highest BCUT2D eigenvalue weighted by molar-refractivity contribution is 8.14. The topological polar surface area (TPSA) is 111 Å². The Labute approximate surface area is 109 Å². The van der Waals surface area contributed by atoms with Crippen LogP contribution in [0.4, 0.5) is 0 Å². The first-order valence-corrected chi connectivity index (χ1v) is 6.81. The zero-order valence-electron chi connectivity index (χ0n) is 10.0. The van der Waals surface area contributed by atoms with Crippen LogP contribution in [0.1, 0.15) is 19.8 Å². The number of nitrogens with zero attached hydrogens (tertiary/aromatic N) is 4. The van der Waals surface area contributed by atoms with Crippen LogP contribution in [0, 0.1) is 0 Å². The first kappa shape index (κ1) is 13.6. The van der Waals surface area contributed by atoms with Gasteiger partial charge in [0.1, 0.15) is 23.7 Å². The third-order valence-corrected chi connectivity index (χ3v) is 4.21. The van der Waals surface area contributed by atoms with Crippen molar-refractivity contribution >= 4 is 16.8 Å². The fraction of sp³-hybridized carbons (Fsp3) is 0.900. The Kier molecular flexibility index (Phi) is 4.47. The summed E-state index contributed by atoms with van der Waals surface area (Å²) in [5.41, 5.74) is 7.99. The van der Waals surface area contributed by atoms with Crippen molar-refractivity contribution in [2.75, 3.05) is 6.54 Å². The molecule has 0 aromatic rings. The third-order valence-electron chi connectivity index (χ3n) is 3.00. The van der Waals surface area contributed by atoms with E-state index in [9.17, 15) is 10.2 Å². The van der Waals surface area contributed by atoms with Crippen molar-refractivity contribution < 1.29 is 14.9 Å². The van der Waals surface area contributed by atoms with E-state index in [-0.39, 0.29) is 12.0 Å². The average Bonchev–Trinajstić information content (AvgIpc) is 2.75. The predicted octanol–water partition coefficient (Wildman–Crippen LogP) is 1.06. The van der Waals surface area contributed by atoms with Crippen LogP contribution in [0.5, 0.6) is 0 Å². The number of fused-ring (bicyclic) bond motifs is 1. The second-order valence-electron chi connectivity index (χ2n) is 4.32. The molecule has 8 heteroatoms. The van der Waals surface area contributed by atoms with Gasteiger partial charge < -0.3 is 14.9 Å². The van der Waals surface area contributed by atoms with E-state index < -0.39 is 24.4 Å². The lowest BCUT2D eigenvalue weighted by Crippen LogP contribution is -2.55. The smallest absolute Gasteiger partial charge is 0.134 e. The minimum Gasteiger partial charge on any atom is -0.388 e. The van der Waals surface area contributed by atoms with Crippen molar-refractivity contribution in [1.82, 2.24) is 0 Å². The number of ether oxygens (including phenoxy) is 1. The average molecular weight is 272 g/mol. The number of azide groups is 1. The van der Waals surface area contributed by atoms with Gasteiger partial charge in [-0.3, -0.25) is 4.99 Å². The van der Waals surface area contributed by atoms with Gasteiger partial charge in [-0.25, -0.2) is 0 Å². The molecule has 0 saturated carbocycles. The minimum atomic E-state index is -1.07. The Bertz CT molecular complexity index is 385. The molecule has 7 nitrogen and oxygen atoms in total. The highest BCUT2D eigenvalue weighted by atomic mass is 32.2. The number of aliphatic imine (C=N–C) groups is 1. The molecule has 0 spiro atoms. The Hall–Kier alpha value is -0.790. The Morgan fingerprint density at radius 1 is 1.50 bits per heavy atom. The molecule has 5 atom stereocenters. The summed E-state index contributed by atoms with van der Waals surface area (Å²) in [6.07, 6.45) is -0.871. The van der Waals surface area contributed by atoms with E-state index in [1.807, 2.05) is 0 Å². The zero-order chi connectivity index (χ0) is 13.1. The lowest BCUT2D eigenvalue weighted by molar-refractivity contribution is -0.148. The van der Waals surface area contributed by atoms with Gasteiger partial charge in [0, 0.05) is 4.91 Å². The number of rotatable bonds is 4. The van der Waals surface area contributed by atoms with Gasteiger partial charge in [-0.05, 0) is 12.0 Å². The maximum absolute atomic E-state index is 10.0. The quantitative estimate of drug-likeness (QED) is 0.452. The lowest BCUT2D eigenvalue weighted by atomic mass is 9.98. The molecule has 1 saturated heterocycles. The van der Waals surface area contributed by atoms with Gasteiger partial charge in [-0.2, -0.15) is 0 Å². The van der Waals surface area contributed by atoms with Crippen LogP contribution >= 0.6 is 11.8 Å². The second kappa shape index (κ2) is 5.90. The zero-order valence-corrected chi connectivity index (χ0v) is 10.8. The summed E-state index contributed by atoms with van der Waals surface area (Å²) >= 11 is 1.48. The molecule has 2 aliphatic heterocycles. The number of thioether (sulfide) groups is 1. The van der Waals surface area contributed by atoms with Crippen LogP contribution in [-0.2, 0) is 4.74 Å². The maximum Gasteiger partial charge on any atom is 0.134 e. The summed E-state index contributed by atoms with van der Waals surface area (Å²) in [6.45, 7) is 2.07. The van der Waals surface area contributed by atoms with Crippen molar-refractivity contribution in [3.05, 3.63) is 10.4 Å². The predicted molar refractivity (Wildman–Crippen MR) is 68.4 cm³/mol. The number of aliphatic hydroxyl groups is 2. The highest BCUT2D eigenvalue weighted by Crippen LogP contribution is 2.37. The number of aliphatic hydroxyl groups excluding tert-OH is 2. The van der Waals surface area contributed by atoms with E-state index in [1.165, 1.54) is 11.8 Å². The second-order valence-corrected chi connectivity index (χ2v) is 5.49. The maximum atomic E-state index is 10.0. The SMILES string of the molecule is CCCC1=N[C@@H]2C(O[C@H](CN=[N+]=[N-])[C@@H](O)[C@@H]2O)S1. The molecule has 1 unspecified atom stereocenters. The van der Waals surface area contributed by atoms with Crippen molar-refractivity contribution in [1.29, 1.82) is 0 Å². The van der Waals surface area contributed by atoms with Crippen LogP contribution in [0.3, 0.4) is 0 Å². The molecule has 2 N–H and O–H groups in total. The van der Waals surface area contributed by atoms with Gasteiger partial charge in [-0.15, -0.1) is 0 Å². The van der Waals surface area contributed by atoms with E-state index in [0.717, 1.165) is 17.9 Å². The lowest BCUT2D eigenvalue weighted by Gasteiger charge is -2.37. The van der Waals surface area contributed by atoms with Crippen molar-refractivity contribution in [2.24, 2.45) is 10.1 Å². The van der Waals surface area contributed by atoms with Crippen molar-refractivity contribution in [2.45, 2.75) is 49.6 Å². The molecule has 18 heavy (non-hydrogen) atoms. The van der Waals surface area contributed by atoms with E-state index in [1.54, 1.807) is 0 Å². The summed E-state index contributed by atoms with van der Waals surface area (Å²) in [4.78, 5) is 7.02. The highest BCUT2D eigenvalue weighted by Gasteiger charge is 2.47. The van der Waals surface area contributed by atoms with Gasteiger partial charge in [-0.1, -0.05) is 30.2 Å². The molecular weight excluding hydrogens is 256 g/mol. The van der Waals surface area contributed by atoms with Crippen molar-refractivity contribution in [3.8, 4) is 0 Å². The van der Waals surface area contributed by atoms with Gasteiger partial charge in [0.05, 0.1) is 17.7 Å². The third kappa shape index (κ3) is 2.62. The molecule has 0 amide bonds. The standard InChI is InChI=1S/C10H16N4O3S/c1-2-3-6-13-7-9(16)8(15)5(4-12-14-11)17-10(7)18-6/h5,7-10,15-16H,2-4H2,1H3/t5-,7+,8-,9-,10?/m1/s1. The molecule has 100 valence electrons. The van der Waals surface area contributed by atoms with Gasteiger partial charge in [0.25, 0.3) is 0 Å². The van der Waals surface area contributed by atoms with Crippen LogP contribution in [-0.4, -0.2) is 51.6 Å². The Balaban J connectivity index is 2.06. The van der Waals surface area contributed by atoms with Crippen LogP contribution < -0.4 is 0 Å². The summed E-state index contributed by atoms with van der Waals surface area (Å²) in [5.74, 6) is 0. The Morgan fingerprint density at radius 2 is 2.28 bits per heavy atom. The number of hydrogen-bond acceptors (Lipinski definition) is 6. The summed E-state index contributed by atoms with van der Waals surface area (Å²) in [6, 6.07) is -0.422. The van der Waals surface area contributed by atoms with E-state index in [2.05, 4.69) is 21.9 Å². The van der Waals surface area contributed by atoms with Gasteiger partial charge in [0.15, 0.2) is 0 Å². The fourth-order valence-corrected chi connectivity index (χ4v) is 3.42. The van der Waals surface area contributed by atoms with Gasteiger partial charge >= 0.3 is 0 Å². The molecule has 0 bridgehead atoms. The molecule has 2 aliphatic rings. The molecule has 0 aliphatic carbocycles. The van der Waals surface area contributed by atoms with Crippen LogP contribution in [0.2, 0.25) is 0 Å². The Morgan fingerprint density at radius 3 is 2.94 bits per heavy atom. The number of hydrogen-bond donors (Lipinski definition) is 2. The van der Waals surface area contributed by atoms with Crippen molar-refractivity contribution in [3.63, 3.8) is 0 Å². The summed E-state index contributed by atoms with van der Waals surface area (Å²) in [5, 5.41) is 24.2. The molecule has 2 rings (SSSR count). The molecular formula is C10H16N4O3S.